The fourth-order valence-electron chi connectivity index (χ4n) is 2.92. The van der Waals surface area contributed by atoms with E-state index in [1.807, 2.05) is 0 Å². The summed E-state index contributed by atoms with van der Waals surface area (Å²) in [6.45, 7) is 0.812. The Hall–Kier alpha value is -2.63. The molecule has 1 amide bonds. The van der Waals surface area contributed by atoms with Gasteiger partial charge in [-0.05, 0) is 36.4 Å². The van der Waals surface area contributed by atoms with Crippen LogP contribution in [0.3, 0.4) is 0 Å². The standard InChI is InChI=1S/C19H19F3N2O5S/c1-28-16-6-5-13(11-17(16)30(26,27)24-7-9-29-10-8-24)18(25)23-15-4-2-3-14(12-15)19(20,21)22/h2-6,11-12H,7-10H2,1H3,(H,23,25). The predicted octanol–water partition coefficient (Wildman–Crippen LogP) is 2.99. The van der Waals surface area contributed by atoms with Crippen molar-refractivity contribution in [1.29, 1.82) is 0 Å². The van der Waals surface area contributed by atoms with Crippen molar-refractivity contribution >= 4 is 21.6 Å². The lowest BCUT2D eigenvalue weighted by atomic mass is 10.1. The second kappa shape index (κ2) is 8.62. The Morgan fingerprint density at radius 1 is 1.13 bits per heavy atom. The molecular formula is C19H19F3N2O5S. The fraction of sp³-hybridized carbons (Fsp3) is 0.316. The highest BCUT2D eigenvalue weighted by Gasteiger charge is 2.31. The monoisotopic (exact) mass is 444 g/mol. The third kappa shape index (κ3) is 4.74. The minimum absolute atomic E-state index is 0.0416. The van der Waals surface area contributed by atoms with Crippen molar-refractivity contribution < 1.29 is 35.9 Å². The van der Waals surface area contributed by atoms with Gasteiger partial charge < -0.3 is 14.8 Å². The van der Waals surface area contributed by atoms with Crippen molar-refractivity contribution in [2.45, 2.75) is 11.1 Å². The van der Waals surface area contributed by atoms with Crippen LogP contribution in [0.25, 0.3) is 0 Å². The molecule has 0 atom stereocenters. The predicted molar refractivity (Wildman–Crippen MR) is 102 cm³/mol. The molecule has 162 valence electrons. The molecule has 0 bridgehead atoms. The van der Waals surface area contributed by atoms with E-state index in [-0.39, 0.29) is 48.2 Å². The maximum atomic E-state index is 13.0. The van der Waals surface area contributed by atoms with Crippen LogP contribution in [-0.4, -0.2) is 52.0 Å². The van der Waals surface area contributed by atoms with E-state index in [9.17, 15) is 26.4 Å². The molecule has 0 spiro atoms. The van der Waals surface area contributed by atoms with Crippen LogP contribution < -0.4 is 10.1 Å². The zero-order valence-electron chi connectivity index (χ0n) is 15.9. The Kier molecular flexibility index (Phi) is 6.34. The molecule has 2 aromatic rings. The number of halogens is 3. The van der Waals surface area contributed by atoms with Crippen LogP contribution in [-0.2, 0) is 20.9 Å². The van der Waals surface area contributed by atoms with E-state index in [2.05, 4.69) is 5.32 Å². The van der Waals surface area contributed by atoms with Gasteiger partial charge in [0.25, 0.3) is 5.91 Å². The molecule has 30 heavy (non-hydrogen) atoms. The van der Waals surface area contributed by atoms with E-state index in [0.717, 1.165) is 18.2 Å². The van der Waals surface area contributed by atoms with Crippen LogP contribution in [0.2, 0.25) is 0 Å². The van der Waals surface area contributed by atoms with Gasteiger partial charge in [-0.2, -0.15) is 17.5 Å². The number of nitrogens with zero attached hydrogens (tertiary/aromatic N) is 1. The molecule has 1 aliphatic heterocycles. The van der Waals surface area contributed by atoms with Gasteiger partial charge in [0.05, 0.1) is 25.9 Å². The first-order chi connectivity index (χ1) is 14.1. The second-order valence-corrected chi connectivity index (χ2v) is 8.32. The summed E-state index contributed by atoms with van der Waals surface area (Å²) in [5.41, 5.74) is -1.02. The second-order valence-electron chi connectivity index (χ2n) is 6.41. The van der Waals surface area contributed by atoms with Gasteiger partial charge in [-0.25, -0.2) is 8.42 Å². The van der Waals surface area contributed by atoms with Crippen LogP contribution >= 0.6 is 0 Å². The Balaban J connectivity index is 1.90. The van der Waals surface area contributed by atoms with Gasteiger partial charge in [-0.15, -0.1) is 0 Å². The van der Waals surface area contributed by atoms with Crippen molar-refractivity contribution in [3.63, 3.8) is 0 Å². The SMILES string of the molecule is COc1ccc(C(=O)Nc2cccc(C(F)(F)F)c2)cc1S(=O)(=O)N1CCOCC1. The maximum Gasteiger partial charge on any atom is 0.416 e. The van der Waals surface area contributed by atoms with Crippen LogP contribution in [0.5, 0.6) is 5.75 Å². The number of alkyl halides is 3. The summed E-state index contributed by atoms with van der Waals surface area (Å²) in [5.74, 6) is -0.701. The molecule has 0 aliphatic carbocycles. The van der Waals surface area contributed by atoms with E-state index in [1.54, 1.807) is 0 Å². The molecular weight excluding hydrogens is 425 g/mol. The quantitative estimate of drug-likeness (QED) is 0.767. The largest absolute Gasteiger partial charge is 0.495 e. The highest BCUT2D eigenvalue weighted by Crippen LogP contribution is 2.31. The fourth-order valence-corrected chi connectivity index (χ4v) is 4.51. The molecule has 0 radical (unpaired) electrons. The summed E-state index contributed by atoms with van der Waals surface area (Å²) >= 11 is 0. The number of sulfonamides is 1. The minimum Gasteiger partial charge on any atom is -0.495 e. The number of hydrogen-bond acceptors (Lipinski definition) is 5. The van der Waals surface area contributed by atoms with Crippen molar-refractivity contribution in [3.8, 4) is 5.75 Å². The smallest absolute Gasteiger partial charge is 0.416 e. The molecule has 1 fully saturated rings. The number of hydrogen-bond donors (Lipinski definition) is 1. The van der Waals surface area contributed by atoms with Gasteiger partial charge in [0.1, 0.15) is 10.6 Å². The first-order valence-electron chi connectivity index (χ1n) is 8.87. The summed E-state index contributed by atoms with van der Waals surface area (Å²) in [4.78, 5) is 12.4. The van der Waals surface area contributed by atoms with Gasteiger partial charge in [0.2, 0.25) is 10.0 Å². The molecule has 2 aromatic carbocycles. The lowest BCUT2D eigenvalue weighted by molar-refractivity contribution is -0.137. The van der Waals surface area contributed by atoms with E-state index >= 15 is 0 Å². The Morgan fingerprint density at radius 3 is 2.47 bits per heavy atom. The topological polar surface area (TPSA) is 84.9 Å². The minimum atomic E-state index is -4.56. The summed E-state index contributed by atoms with van der Waals surface area (Å²) < 4.78 is 76.1. The molecule has 1 N–H and O–H groups in total. The number of ether oxygens (including phenoxy) is 2. The number of morpholine rings is 1. The number of amides is 1. The number of methoxy groups -OCH3 is 1. The summed E-state index contributed by atoms with van der Waals surface area (Å²) in [6.07, 6.45) is -4.56. The molecule has 1 saturated heterocycles. The number of benzene rings is 2. The molecule has 0 aromatic heterocycles. The lowest BCUT2D eigenvalue weighted by Gasteiger charge is -2.26. The number of rotatable bonds is 5. The number of carbonyl (C=O) groups is 1. The third-order valence-electron chi connectivity index (χ3n) is 4.46. The first kappa shape index (κ1) is 22.1. The number of carbonyl (C=O) groups excluding carboxylic acids is 1. The molecule has 7 nitrogen and oxygen atoms in total. The Morgan fingerprint density at radius 2 is 1.83 bits per heavy atom. The number of nitrogens with one attached hydrogen (secondary N) is 1. The molecule has 11 heteroatoms. The Bertz CT molecular complexity index is 1030. The summed E-state index contributed by atoms with van der Waals surface area (Å²) in [7, 11) is -2.66. The average Bonchev–Trinajstić information content (AvgIpc) is 2.73. The summed E-state index contributed by atoms with van der Waals surface area (Å²) in [5, 5.41) is 2.36. The zero-order valence-corrected chi connectivity index (χ0v) is 16.7. The Labute approximate surface area is 171 Å². The van der Waals surface area contributed by atoms with Gasteiger partial charge >= 0.3 is 6.18 Å². The van der Waals surface area contributed by atoms with Gasteiger partial charge in [0, 0.05) is 24.3 Å². The lowest BCUT2D eigenvalue weighted by Crippen LogP contribution is -2.40. The van der Waals surface area contributed by atoms with Gasteiger partial charge in [0.15, 0.2) is 0 Å². The third-order valence-corrected chi connectivity index (χ3v) is 6.38. The molecule has 0 unspecified atom stereocenters. The van der Waals surface area contributed by atoms with E-state index in [4.69, 9.17) is 9.47 Å². The highest BCUT2D eigenvalue weighted by molar-refractivity contribution is 7.89. The van der Waals surface area contributed by atoms with Crippen LogP contribution in [0.1, 0.15) is 15.9 Å². The molecule has 3 rings (SSSR count). The van der Waals surface area contributed by atoms with E-state index < -0.39 is 27.7 Å². The maximum absolute atomic E-state index is 13.0. The van der Waals surface area contributed by atoms with Crippen molar-refractivity contribution in [3.05, 3.63) is 53.6 Å². The van der Waals surface area contributed by atoms with Crippen LogP contribution in [0.4, 0.5) is 18.9 Å². The van der Waals surface area contributed by atoms with Gasteiger partial charge in [-0.3, -0.25) is 4.79 Å². The van der Waals surface area contributed by atoms with Crippen molar-refractivity contribution in [2.75, 3.05) is 38.7 Å². The van der Waals surface area contributed by atoms with Gasteiger partial charge in [-0.1, -0.05) is 6.07 Å². The van der Waals surface area contributed by atoms with Crippen LogP contribution in [0, 0.1) is 0 Å². The highest BCUT2D eigenvalue weighted by atomic mass is 32.2. The van der Waals surface area contributed by atoms with Crippen LogP contribution in [0.15, 0.2) is 47.4 Å². The number of anilines is 1. The van der Waals surface area contributed by atoms with E-state index in [1.165, 1.54) is 35.7 Å². The molecule has 1 heterocycles. The average molecular weight is 444 g/mol. The van der Waals surface area contributed by atoms with Crippen molar-refractivity contribution in [2.24, 2.45) is 0 Å². The normalized spacial score (nSPS) is 15.6. The molecule has 1 aliphatic rings. The van der Waals surface area contributed by atoms with E-state index in [0.29, 0.717) is 0 Å². The molecule has 0 saturated carbocycles. The zero-order chi connectivity index (χ0) is 21.9. The summed E-state index contributed by atoms with van der Waals surface area (Å²) in [6, 6.07) is 7.97. The first-order valence-corrected chi connectivity index (χ1v) is 10.3. The van der Waals surface area contributed by atoms with Crippen molar-refractivity contribution in [1.82, 2.24) is 4.31 Å².